The van der Waals surface area contributed by atoms with Crippen LogP contribution in [-0.4, -0.2) is 47.6 Å². The average molecular weight is 339 g/mol. The van der Waals surface area contributed by atoms with Crippen LogP contribution in [0.5, 0.6) is 0 Å². The summed E-state index contributed by atoms with van der Waals surface area (Å²) in [6, 6.07) is 9.22. The molecule has 0 amide bonds. The van der Waals surface area contributed by atoms with E-state index in [4.69, 9.17) is 4.42 Å². The lowest BCUT2D eigenvalue weighted by atomic mass is 10.0. The zero-order valence-corrected chi connectivity index (χ0v) is 14.4. The highest BCUT2D eigenvalue weighted by Gasteiger charge is 2.32. The summed E-state index contributed by atoms with van der Waals surface area (Å²) < 4.78 is 5.54. The predicted molar refractivity (Wildman–Crippen MR) is 94.5 cm³/mol. The van der Waals surface area contributed by atoms with Crippen molar-refractivity contribution in [3.63, 3.8) is 0 Å². The number of oxazole rings is 1. The van der Waals surface area contributed by atoms with Crippen LogP contribution >= 0.6 is 0 Å². The van der Waals surface area contributed by atoms with Crippen molar-refractivity contribution in [2.45, 2.75) is 13.8 Å². The number of carbonyl (C=O) groups excluding carboxylic acids is 2. The third kappa shape index (κ3) is 3.53. The average Bonchev–Trinajstić information content (AvgIpc) is 3.10. The standard InChI is InChI=1S/C19H21N3O3/c1-3-22(4-2)11-10-20-14-12-15(23)18-16(17(14)24)21-19(25-18)13-8-6-5-7-9-13/h5-9,12,20H,3-4,10-11H2,1-2H3. The fourth-order valence-corrected chi connectivity index (χ4v) is 2.75. The van der Waals surface area contributed by atoms with E-state index in [2.05, 4.69) is 29.0 Å². The van der Waals surface area contributed by atoms with Gasteiger partial charge in [0.2, 0.25) is 23.2 Å². The molecule has 1 aliphatic carbocycles. The van der Waals surface area contributed by atoms with Crippen molar-refractivity contribution < 1.29 is 14.0 Å². The summed E-state index contributed by atoms with van der Waals surface area (Å²) in [7, 11) is 0. The Balaban J connectivity index is 1.76. The largest absolute Gasteiger partial charge is 0.432 e. The van der Waals surface area contributed by atoms with Crippen molar-refractivity contribution in [3.05, 3.63) is 53.6 Å². The van der Waals surface area contributed by atoms with Gasteiger partial charge in [0, 0.05) is 24.7 Å². The molecule has 0 saturated heterocycles. The molecule has 0 fully saturated rings. The van der Waals surface area contributed by atoms with E-state index >= 15 is 0 Å². The first-order chi connectivity index (χ1) is 12.1. The number of hydrogen-bond acceptors (Lipinski definition) is 6. The molecule has 0 saturated carbocycles. The molecule has 0 radical (unpaired) electrons. The highest BCUT2D eigenvalue weighted by atomic mass is 16.4. The molecule has 1 aromatic heterocycles. The Bertz CT molecular complexity index is 805. The number of allylic oxidation sites excluding steroid dienone is 2. The van der Waals surface area contributed by atoms with Crippen molar-refractivity contribution in [2.75, 3.05) is 26.2 Å². The van der Waals surface area contributed by atoms with Gasteiger partial charge in [-0.15, -0.1) is 0 Å². The van der Waals surface area contributed by atoms with Crippen molar-refractivity contribution in [2.24, 2.45) is 0 Å². The number of Topliss-reactive ketones (excluding diaryl/α,β-unsaturated/α-hetero) is 1. The first-order valence-electron chi connectivity index (χ1n) is 8.47. The minimum atomic E-state index is -0.338. The number of nitrogens with zero attached hydrogens (tertiary/aromatic N) is 2. The zero-order chi connectivity index (χ0) is 17.8. The fraction of sp³-hybridized carbons (Fsp3) is 0.316. The van der Waals surface area contributed by atoms with Crippen molar-refractivity contribution in [1.82, 2.24) is 15.2 Å². The molecule has 1 aliphatic rings. The van der Waals surface area contributed by atoms with Crippen LogP contribution in [0.15, 0.2) is 46.5 Å². The molecule has 1 aromatic carbocycles. The molecule has 25 heavy (non-hydrogen) atoms. The van der Waals surface area contributed by atoms with Crippen LogP contribution in [0.25, 0.3) is 11.5 Å². The van der Waals surface area contributed by atoms with Crippen LogP contribution in [0.3, 0.4) is 0 Å². The van der Waals surface area contributed by atoms with Crippen molar-refractivity contribution in [3.8, 4) is 11.5 Å². The Morgan fingerprint density at radius 3 is 2.52 bits per heavy atom. The van der Waals surface area contributed by atoms with Gasteiger partial charge in [0.1, 0.15) is 0 Å². The molecular formula is C19H21N3O3. The van der Waals surface area contributed by atoms with Gasteiger partial charge in [-0.25, -0.2) is 4.98 Å². The van der Waals surface area contributed by atoms with Crippen LogP contribution in [0.4, 0.5) is 0 Å². The molecule has 6 heteroatoms. The molecular weight excluding hydrogens is 318 g/mol. The highest BCUT2D eigenvalue weighted by Crippen LogP contribution is 2.26. The molecule has 3 rings (SSSR count). The number of aromatic nitrogens is 1. The van der Waals surface area contributed by atoms with Crippen LogP contribution in [0.1, 0.15) is 34.9 Å². The maximum absolute atomic E-state index is 12.6. The molecule has 0 aliphatic heterocycles. The highest BCUT2D eigenvalue weighted by molar-refractivity contribution is 6.22. The molecule has 1 N–H and O–H groups in total. The van der Waals surface area contributed by atoms with E-state index in [1.54, 1.807) is 0 Å². The number of benzene rings is 1. The number of likely N-dealkylation sites (N-methyl/N-ethyl adjacent to an activating group) is 1. The molecule has 1 heterocycles. The minimum Gasteiger partial charge on any atom is -0.432 e. The third-order valence-corrected chi connectivity index (χ3v) is 4.24. The quantitative estimate of drug-likeness (QED) is 0.835. The van der Waals surface area contributed by atoms with Gasteiger partial charge in [-0.2, -0.15) is 0 Å². The number of hydrogen-bond donors (Lipinski definition) is 1. The smallest absolute Gasteiger partial charge is 0.231 e. The fourth-order valence-electron chi connectivity index (χ4n) is 2.75. The van der Waals surface area contributed by atoms with Gasteiger partial charge < -0.3 is 14.6 Å². The SMILES string of the molecule is CCN(CC)CCNC1=CC(=O)c2oc(-c3ccccc3)nc2C1=O. The van der Waals surface area contributed by atoms with Crippen LogP contribution in [0.2, 0.25) is 0 Å². The van der Waals surface area contributed by atoms with Gasteiger partial charge in [0.25, 0.3) is 0 Å². The van der Waals surface area contributed by atoms with Gasteiger partial charge in [0.05, 0.1) is 5.70 Å². The molecule has 130 valence electrons. The van der Waals surface area contributed by atoms with E-state index in [1.807, 2.05) is 30.3 Å². The molecule has 0 atom stereocenters. The van der Waals surface area contributed by atoms with E-state index in [0.29, 0.717) is 6.54 Å². The topological polar surface area (TPSA) is 75.4 Å². The molecule has 0 spiro atoms. The normalized spacial score (nSPS) is 13.8. The Labute approximate surface area is 146 Å². The molecule has 0 unspecified atom stereocenters. The maximum Gasteiger partial charge on any atom is 0.231 e. The summed E-state index contributed by atoms with van der Waals surface area (Å²) >= 11 is 0. The minimum absolute atomic E-state index is 0.0122. The van der Waals surface area contributed by atoms with E-state index in [-0.39, 0.29) is 34.6 Å². The summed E-state index contributed by atoms with van der Waals surface area (Å²) in [5.74, 6) is -0.349. The number of nitrogens with one attached hydrogen (secondary N) is 1. The van der Waals surface area contributed by atoms with Crippen molar-refractivity contribution in [1.29, 1.82) is 0 Å². The Hall–Kier alpha value is -2.73. The van der Waals surface area contributed by atoms with Crippen LogP contribution in [-0.2, 0) is 0 Å². The van der Waals surface area contributed by atoms with Gasteiger partial charge in [0.15, 0.2) is 5.69 Å². The van der Waals surface area contributed by atoms with Crippen LogP contribution < -0.4 is 5.32 Å². The van der Waals surface area contributed by atoms with E-state index in [9.17, 15) is 9.59 Å². The second-order valence-electron chi connectivity index (χ2n) is 5.77. The van der Waals surface area contributed by atoms with Gasteiger partial charge in [-0.1, -0.05) is 32.0 Å². The van der Waals surface area contributed by atoms with E-state index < -0.39 is 0 Å². The maximum atomic E-state index is 12.6. The number of carbonyl (C=O) groups is 2. The lowest BCUT2D eigenvalue weighted by molar-refractivity contribution is 0.0959. The summed E-state index contributed by atoms with van der Waals surface area (Å²) in [5.41, 5.74) is 1.09. The first-order valence-corrected chi connectivity index (χ1v) is 8.47. The number of ketones is 2. The molecule has 6 nitrogen and oxygen atoms in total. The summed E-state index contributed by atoms with van der Waals surface area (Å²) in [6.07, 6.45) is 1.30. The van der Waals surface area contributed by atoms with Crippen molar-refractivity contribution >= 4 is 11.6 Å². The zero-order valence-electron chi connectivity index (χ0n) is 14.4. The van der Waals surface area contributed by atoms with E-state index in [1.165, 1.54) is 6.08 Å². The number of rotatable bonds is 7. The Kier molecular flexibility index (Phi) is 5.09. The third-order valence-electron chi connectivity index (χ3n) is 4.24. The van der Waals surface area contributed by atoms with Crippen LogP contribution in [0, 0.1) is 0 Å². The second-order valence-corrected chi connectivity index (χ2v) is 5.77. The monoisotopic (exact) mass is 339 g/mol. The van der Waals surface area contributed by atoms with Gasteiger partial charge >= 0.3 is 0 Å². The summed E-state index contributed by atoms with van der Waals surface area (Å²) in [5, 5.41) is 3.06. The number of fused-ring (bicyclic) bond motifs is 1. The first kappa shape index (κ1) is 17.1. The molecule has 2 aromatic rings. The van der Waals surface area contributed by atoms with Gasteiger partial charge in [-0.05, 0) is 25.2 Å². The Morgan fingerprint density at radius 1 is 1.12 bits per heavy atom. The summed E-state index contributed by atoms with van der Waals surface area (Å²) in [6.45, 7) is 7.45. The van der Waals surface area contributed by atoms with E-state index in [0.717, 1.165) is 25.2 Å². The Morgan fingerprint density at radius 2 is 1.84 bits per heavy atom. The lowest BCUT2D eigenvalue weighted by Crippen LogP contribution is -2.34. The lowest BCUT2D eigenvalue weighted by Gasteiger charge is -2.19. The van der Waals surface area contributed by atoms with Gasteiger partial charge in [-0.3, -0.25) is 9.59 Å². The summed E-state index contributed by atoms with van der Waals surface area (Å²) in [4.78, 5) is 31.4. The second kappa shape index (κ2) is 7.44. The predicted octanol–water partition coefficient (Wildman–Crippen LogP) is 2.54. The molecule has 0 bridgehead atoms.